The van der Waals surface area contributed by atoms with E-state index in [-0.39, 0.29) is 11.8 Å². The Hall–Kier alpha value is -0.460. The summed E-state index contributed by atoms with van der Waals surface area (Å²) in [6.07, 6.45) is 1.22. The molecule has 0 spiro atoms. The molecule has 1 rings (SSSR count). The second-order valence-corrected chi connectivity index (χ2v) is 5.97. The third-order valence-electron chi connectivity index (χ3n) is 2.88. The van der Waals surface area contributed by atoms with E-state index < -0.39 is 10.0 Å². The van der Waals surface area contributed by atoms with Gasteiger partial charge >= 0.3 is 0 Å². The molecule has 0 saturated carbocycles. The van der Waals surface area contributed by atoms with Crippen LogP contribution in [-0.2, 0) is 14.8 Å². The topological polar surface area (TPSA) is 57.7 Å². The SMILES string of the molecule is CC(=O)C(C)N1CCN(S(C)(=O)=O)CC1. The van der Waals surface area contributed by atoms with Crippen LogP contribution in [0.1, 0.15) is 13.8 Å². The molecule has 6 heteroatoms. The molecule has 0 aromatic carbocycles. The largest absolute Gasteiger partial charge is 0.298 e. The van der Waals surface area contributed by atoms with E-state index in [2.05, 4.69) is 0 Å². The molecule has 0 N–H and O–H groups in total. The van der Waals surface area contributed by atoms with Gasteiger partial charge in [-0.15, -0.1) is 0 Å². The van der Waals surface area contributed by atoms with Gasteiger partial charge in [0.15, 0.2) is 0 Å². The number of hydrogen-bond acceptors (Lipinski definition) is 4. The van der Waals surface area contributed by atoms with Crippen LogP contribution in [0.3, 0.4) is 0 Å². The molecule has 0 radical (unpaired) electrons. The molecule has 1 aliphatic heterocycles. The summed E-state index contributed by atoms with van der Waals surface area (Å²) in [6, 6.07) is -0.105. The maximum Gasteiger partial charge on any atom is 0.211 e. The van der Waals surface area contributed by atoms with Crippen molar-refractivity contribution in [2.24, 2.45) is 0 Å². The maximum atomic E-state index is 11.2. The van der Waals surface area contributed by atoms with E-state index >= 15 is 0 Å². The molecule has 15 heavy (non-hydrogen) atoms. The first-order valence-electron chi connectivity index (χ1n) is 5.02. The predicted octanol–water partition coefficient (Wildman–Crippen LogP) is -0.459. The number of hydrogen-bond donors (Lipinski definition) is 0. The van der Waals surface area contributed by atoms with Crippen LogP contribution in [0.2, 0.25) is 0 Å². The third kappa shape index (κ3) is 3.25. The summed E-state index contributed by atoms with van der Waals surface area (Å²) in [5, 5.41) is 0. The number of nitrogens with zero attached hydrogens (tertiary/aromatic N) is 2. The molecule has 0 amide bonds. The summed E-state index contributed by atoms with van der Waals surface area (Å²) in [5.41, 5.74) is 0. The van der Waals surface area contributed by atoms with Gasteiger partial charge in [-0.05, 0) is 13.8 Å². The summed E-state index contributed by atoms with van der Waals surface area (Å²) in [7, 11) is -3.07. The summed E-state index contributed by atoms with van der Waals surface area (Å²) in [5.74, 6) is 0.128. The Morgan fingerprint density at radius 1 is 1.20 bits per heavy atom. The number of Topliss-reactive ketones (excluding diaryl/α,β-unsaturated/α-hetero) is 1. The molecule has 1 fully saturated rings. The maximum absolute atomic E-state index is 11.2. The smallest absolute Gasteiger partial charge is 0.211 e. The Bertz CT molecular complexity index is 331. The van der Waals surface area contributed by atoms with Gasteiger partial charge in [0.2, 0.25) is 10.0 Å². The molecule has 0 aromatic heterocycles. The summed E-state index contributed by atoms with van der Waals surface area (Å²) in [4.78, 5) is 13.2. The van der Waals surface area contributed by atoms with Crippen molar-refractivity contribution in [3.8, 4) is 0 Å². The average Bonchev–Trinajstić information content (AvgIpc) is 2.15. The van der Waals surface area contributed by atoms with Gasteiger partial charge in [-0.1, -0.05) is 0 Å². The van der Waals surface area contributed by atoms with Gasteiger partial charge in [0.25, 0.3) is 0 Å². The molecule has 1 atom stereocenters. The molecule has 1 saturated heterocycles. The molecule has 1 heterocycles. The van der Waals surface area contributed by atoms with Crippen LogP contribution in [0.25, 0.3) is 0 Å². The second-order valence-electron chi connectivity index (χ2n) is 3.98. The van der Waals surface area contributed by atoms with Crippen LogP contribution in [0.4, 0.5) is 0 Å². The second kappa shape index (κ2) is 4.59. The fourth-order valence-electron chi connectivity index (χ4n) is 1.68. The molecule has 1 aliphatic rings. The highest BCUT2D eigenvalue weighted by atomic mass is 32.2. The van der Waals surface area contributed by atoms with Gasteiger partial charge in [-0.3, -0.25) is 9.69 Å². The molecular weight excluding hydrogens is 216 g/mol. The Morgan fingerprint density at radius 2 is 1.67 bits per heavy atom. The first-order valence-corrected chi connectivity index (χ1v) is 6.87. The van der Waals surface area contributed by atoms with Crippen molar-refractivity contribution in [3.63, 3.8) is 0 Å². The molecular formula is C9H18N2O3S. The molecule has 0 aliphatic carbocycles. The number of sulfonamides is 1. The Morgan fingerprint density at radius 3 is 2.00 bits per heavy atom. The lowest BCUT2D eigenvalue weighted by Gasteiger charge is -2.35. The fraction of sp³-hybridized carbons (Fsp3) is 0.889. The molecule has 0 aromatic rings. The fourth-order valence-corrected chi connectivity index (χ4v) is 2.51. The normalized spacial score (nSPS) is 22.6. The standard InChI is InChI=1S/C9H18N2O3S/c1-8(9(2)12)10-4-6-11(7-5-10)15(3,13)14/h8H,4-7H2,1-3H3. The Balaban J connectivity index is 2.53. The van der Waals surface area contributed by atoms with E-state index in [1.807, 2.05) is 11.8 Å². The summed E-state index contributed by atoms with van der Waals surface area (Å²) in [6.45, 7) is 5.65. The predicted molar refractivity (Wildman–Crippen MR) is 58.1 cm³/mol. The van der Waals surface area contributed by atoms with E-state index in [0.717, 1.165) is 0 Å². The minimum Gasteiger partial charge on any atom is -0.298 e. The van der Waals surface area contributed by atoms with Gasteiger partial charge in [-0.25, -0.2) is 8.42 Å². The summed E-state index contributed by atoms with van der Waals surface area (Å²) >= 11 is 0. The third-order valence-corrected chi connectivity index (χ3v) is 4.18. The van der Waals surface area contributed by atoms with Gasteiger partial charge < -0.3 is 0 Å². The lowest BCUT2D eigenvalue weighted by atomic mass is 10.2. The van der Waals surface area contributed by atoms with Crippen LogP contribution < -0.4 is 0 Å². The Kier molecular flexibility index (Phi) is 3.86. The van der Waals surface area contributed by atoms with E-state index in [0.29, 0.717) is 26.2 Å². The highest BCUT2D eigenvalue weighted by molar-refractivity contribution is 7.88. The number of carbonyl (C=O) groups is 1. The highest BCUT2D eigenvalue weighted by Crippen LogP contribution is 2.09. The lowest BCUT2D eigenvalue weighted by Crippen LogP contribution is -2.52. The van der Waals surface area contributed by atoms with Gasteiger partial charge in [-0.2, -0.15) is 4.31 Å². The van der Waals surface area contributed by atoms with E-state index in [1.54, 1.807) is 6.92 Å². The number of piperazine rings is 1. The van der Waals surface area contributed by atoms with Gasteiger partial charge in [0.05, 0.1) is 12.3 Å². The van der Waals surface area contributed by atoms with Gasteiger partial charge in [0.1, 0.15) is 5.78 Å². The lowest BCUT2D eigenvalue weighted by molar-refractivity contribution is -0.122. The first-order chi connectivity index (χ1) is 6.82. The van der Waals surface area contributed by atoms with E-state index in [1.165, 1.54) is 10.6 Å². The minimum absolute atomic E-state index is 0.105. The zero-order chi connectivity index (χ0) is 11.6. The number of carbonyl (C=O) groups excluding carboxylic acids is 1. The van der Waals surface area contributed by atoms with Gasteiger partial charge in [0, 0.05) is 26.2 Å². The number of ketones is 1. The molecule has 5 nitrogen and oxygen atoms in total. The van der Waals surface area contributed by atoms with E-state index in [4.69, 9.17) is 0 Å². The minimum atomic E-state index is -3.07. The molecule has 0 bridgehead atoms. The van der Waals surface area contributed by atoms with E-state index in [9.17, 15) is 13.2 Å². The monoisotopic (exact) mass is 234 g/mol. The van der Waals surface area contributed by atoms with Crippen LogP contribution in [-0.4, -0.2) is 61.9 Å². The quantitative estimate of drug-likeness (QED) is 0.663. The van der Waals surface area contributed by atoms with Crippen molar-refractivity contribution < 1.29 is 13.2 Å². The van der Waals surface area contributed by atoms with Crippen molar-refractivity contribution in [2.75, 3.05) is 32.4 Å². The van der Waals surface area contributed by atoms with Crippen LogP contribution in [0.5, 0.6) is 0 Å². The van der Waals surface area contributed by atoms with Crippen LogP contribution in [0.15, 0.2) is 0 Å². The Labute approximate surface area is 91.1 Å². The van der Waals surface area contributed by atoms with Crippen molar-refractivity contribution in [1.29, 1.82) is 0 Å². The van der Waals surface area contributed by atoms with Crippen molar-refractivity contribution in [3.05, 3.63) is 0 Å². The van der Waals surface area contributed by atoms with Crippen molar-refractivity contribution in [2.45, 2.75) is 19.9 Å². The average molecular weight is 234 g/mol. The highest BCUT2D eigenvalue weighted by Gasteiger charge is 2.27. The van der Waals surface area contributed by atoms with Crippen LogP contribution in [0, 0.1) is 0 Å². The zero-order valence-corrected chi connectivity index (χ0v) is 10.2. The van der Waals surface area contributed by atoms with Crippen molar-refractivity contribution >= 4 is 15.8 Å². The number of rotatable bonds is 3. The summed E-state index contributed by atoms with van der Waals surface area (Å²) < 4.78 is 23.9. The molecule has 1 unspecified atom stereocenters. The molecule has 88 valence electrons. The van der Waals surface area contributed by atoms with Crippen molar-refractivity contribution in [1.82, 2.24) is 9.21 Å². The first kappa shape index (κ1) is 12.6. The van der Waals surface area contributed by atoms with Crippen LogP contribution >= 0.6 is 0 Å². The zero-order valence-electron chi connectivity index (χ0n) is 9.43.